The first-order valence-corrected chi connectivity index (χ1v) is 8.85. The number of ether oxygens (including phenoxy) is 1. The molecule has 25 heavy (non-hydrogen) atoms. The first-order valence-electron chi connectivity index (χ1n) is 8.85. The average molecular weight is 335 g/mol. The molecule has 0 saturated carbocycles. The van der Waals surface area contributed by atoms with Crippen LogP contribution in [0.2, 0.25) is 0 Å². The van der Waals surface area contributed by atoms with Crippen LogP contribution in [-0.4, -0.2) is 19.1 Å². The first-order chi connectivity index (χ1) is 12.1. The summed E-state index contributed by atoms with van der Waals surface area (Å²) in [6.07, 6.45) is 1.90. The van der Waals surface area contributed by atoms with Gasteiger partial charge in [0.15, 0.2) is 5.60 Å². The first kappa shape index (κ1) is 17.4. The second-order valence-electron chi connectivity index (χ2n) is 6.66. The predicted molar refractivity (Wildman–Crippen MR) is 100 cm³/mol. The summed E-state index contributed by atoms with van der Waals surface area (Å²) in [5.74, 6) is -0.131. The molecule has 1 saturated heterocycles. The fourth-order valence-electron chi connectivity index (χ4n) is 3.67. The van der Waals surface area contributed by atoms with Gasteiger partial charge in [0.2, 0.25) is 0 Å². The minimum Gasteiger partial charge on any atom is -0.446 e. The third-order valence-electron chi connectivity index (χ3n) is 4.92. The third-order valence-corrected chi connectivity index (χ3v) is 4.92. The van der Waals surface area contributed by atoms with Crippen LogP contribution in [0.1, 0.15) is 30.9 Å². The van der Waals surface area contributed by atoms with Crippen molar-refractivity contribution in [3.05, 3.63) is 83.9 Å². The zero-order chi connectivity index (χ0) is 17.7. The number of rotatable bonds is 5. The topological polar surface area (TPSA) is 38.3 Å². The van der Waals surface area contributed by atoms with Crippen LogP contribution >= 0.6 is 0 Å². The molecule has 3 rings (SSSR count). The Morgan fingerprint density at radius 3 is 1.92 bits per heavy atom. The largest absolute Gasteiger partial charge is 0.446 e. The van der Waals surface area contributed by atoms with E-state index in [0.717, 1.165) is 37.1 Å². The highest BCUT2D eigenvalue weighted by atomic mass is 16.6. The monoisotopic (exact) mass is 335 g/mol. The molecular formula is C22H25NO2. The molecule has 3 heteroatoms. The maximum atomic E-state index is 12.6. The van der Waals surface area contributed by atoms with E-state index < -0.39 is 5.60 Å². The number of esters is 1. The zero-order valence-corrected chi connectivity index (χ0v) is 14.7. The summed E-state index contributed by atoms with van der Waals surface area (Å²) in [7, 11) is 0. The summed E-state index contributed by atoms with van der Waals surface area (Å²) >= 11 is 0. The SMILES string of the molecule is C=C(C)C(=O)OC(c1ccccc1)(c1ccccc1)C1CCNCC1. The van der Waals surface area contributed by atoms with E-state index in [1.807, 2.05) is 36.4 Å². The summed E-state index contributed by atoms with van der Waals surface area (Å²) in [6, 6.07) is 20.2. The smallest absolute Gasteiger partial charge is 0.334 e. The summed E-state index contributed by atoms with van der Waals surface area (Å²) in [5, 5.41) is 3.41. The molecule has 0 aliphatic carbocycles. The van der Waals surface area contributed by atoms with Gasteiger partial charge in [-0.05, 0) is 32.9 Å². The van der Waals surface area contributed by atoms with Crippen LogP contribution in [0.15, 0.2) is 72.8 Å². The van der Waals surface area contributed by atoms with Crippen molar-refractivity contribution in [1.82, 2.24) is 5.32 Å². The molecular weight excluding hydrogens is 310 g/mol. The lowest BCUT2D eigenvalue weighted by Gasteiger charge is -2.43. The van der Waals surface area contributed by atoms with Gasteiger partial charge in [0, 0.05) is 22.6 Å². The Bertz CT molecular complexity index is 679. The number of hydrogen-bond donors (Lipinski definition) is 1. The van der Waals surface area contributed by atoms with Crippen molar-refractivity contribution < 1.29 is 9.53 Å². The van der Waals surface area contributed by atoms with E-state index in [0.29, 0.717) is 5.57 Å². The van der Waals surface area contributed by atoms with Crippen LogP contribution in [0.25, 0.3) is 0 Å². The molecule has 0 amide bonds. The molecule has 1 heterocycles. The van der Waals surface area contributed by atoms with E-state index in [1.54, 1.807) is 6.92 Å². The minimum absolute atomic E-state index is 0.210. The lowest BCUT2D eigenvalue weighted by Crippen LogP contribution is -2.46. The Morgan fingerprint density at radius 2 is 1.48 bits per heavy atom. The molecule has 1 fully saturated rings. The van der Waals surface area contributed by atoms with Crippen molar-refractivity contribution in [2.75, 3.05) is 13.1 Å². The fourth-order valence-corrected chi connectivity index (χ4v) is 3.67. The van der Waals surface area contributed by atoms with Gasteiger partial charge in [0.1, 0.15) is 0 Å². The van der Waals surface area contributed by atoms with Crippen molar-refractivity contribution in [1.29, 1.82) is 0 Å². The van der Waals surface area contributed by atoms with Crippen molar-refractivity contribution in [2.24, 2.45) is 5.92 Å². The highest BCUT2D eigenvalue weighted by Gasteiger charge is 2.46. The van der Waals surface area contributed by atoms with E-state index in [-0.39, 0.29) is 11.9 Å². The van der Waals surface area contributed by atoms with E-state index in [1.165, 1.54) is 0 Å². The number of carbonyl (C=O) groups is 1. The Balaban J connectivity index is 2.18. The van der Waals surface area contributed by atoms with Gasteiger partial charge in [-0.15, -0.1) is 0 Å². The van der Waals surface area contributed by atoms with E-state index in [4.69, 9.17) is 4.74 Å². The van der Waals surface area contributed by atoms with Crippen LogP contribution < -0.4 is 5.32 Å². The standard InChI is InChI=1S/C22H25NO2/c1-17(2)21(24)25-22(18-9-5-3-6-10-18,19-11-7-4-8-12-19)20-13-15-23-16-14-20/h3-12,20,23H,1,13-16H2,2H3. The molecule has 1 aliphatic rings. The lowest BCUT2D eigenvalue weighted by atomic mass is 9.72. The second-order valence-corrected chi connectivity index (χ2v) is 6.66. The van der Waals surface area contributed by atoms with Crippen molar-refractivity contribution >= 4 is 5.97 Å². The predicted octanol–water partition coefficient (Wildman–Crippen LogP) is 4.05. The lowest BCUT2D eigenvalue weighted by molar-refractivity contribution is -0.158. The summed E-state index contributed by atoms with van der Waals surface area (Å²) in [4.78, 5) is 12.6. The Kier molecular flexibility index (Phi) is 5.34. The van der Waals surface area contributed by atoms with Gasteiger partial charge in [-0.2, -0.15) is 0 Å². The van der Waals surface area contributed by atoms with E-state index in [2.05, 4.69) is 36.2 Å². The Morgan fingerprint density at radius 1 is 1.00 bits per heavy atom. The highest BCUT2D eigenvalue weighted by Crippen LogP contribution is 2.44. The molecule has 1 N–H and O–H groups in total. The molecule has 3 nitrogen and oxygen atoms in total. The van der Waals surface area contributed by atoms with Gasteiger partial charge >= 0.3 is 5.97 Å². The number of carbonyl (C=O) groups excluding carboxylic acids is 1. The molecule has 0 bridgehead atoms. The van der Waals surface area contributed by atoms with Gasteiger partial charge in [0.25, 0.3) is 0 Å². The molecule has 130 valence electrons. The summed E-state index contributed by atoms with van der Waals surface area (Å²) in [6.45, 7) is 7.34. The van der Waals surface area contributed by atoms with Gasteiger partial charge in [0.05, 0.1) is 0 Å². The van der Waals surface area contributed by atoms with Crippen molar-refractivity contribution in [3.8, 4) is 0 Å². The third kappa shape index (κ3) is 3.52. The highest BCUT2D eigenvalue weighted by molar-refractivity contribution is 5.87. The maximum absolute atomic E-state index is 12.6. The normalized spacial score (nSPS) is 15.6. The maximum Gasteiger partial charge on any atom is 0.334 e. The van der Waals surface area contributed by atoms with E-state index in [9.17, 15) is 4.79 Å². The molecule has 0 radical (unpaired) electrons. The fraction of sp³-hybridized carbons (Fsp3) is 0.318. The van der Waals surface area contributed by atoms with Crippen molar-refractivity contribution in [3.63, 3.8) is 0 Å². The van der Waals surface area contributed by atoms with Crippen LogP contribution in [0.4, 0.5) is 0 Å². The van der Waals surface area contributed by atoms with E-state index >= 15 is 0 Å². The molecule has 0 aromatic heterocycles. The van der Waals surface area contributed by atoms with Crippen LogP contribution in [0, 0.1) is 5.92 Å². The summed E-state index contributed by atoms with van der Waals surface area (Å²) in [5.41, 5.74) is 1.66. The molecule has 2 aromatic carbocycles. The van der Waals surface area contributed by atoms with Gasteiger partial charge in [-0.3, -0.25) is 0 Å². The zero-order valence-electron chi connectivity index (χ0n) is 14.7. The number of hydrogen-bond acceptors (Lipinski definition) is 3. The van der Waals surface area contributed by atoms with Gasteiger partial charge in [-0.1, -0.05) is 67.2 Å². The van der Waals surface area contributed by atoms with Crippen LogP contribution in [0.3, 0.4) is 0 Å². The average Bonchev–Trinajstić information content (AvgIpc) is 2.68. The summed E-state index contributed by atoms with van der Waals surface area (Å²) < 4.78 is 6.24. The second kappa shape index (κ2) is 7.66. The minimum atomic E-state index is -0.791. The quantitative estimate of drug-likeness (QED) is 0.662. The number of piperidine rings is 1. The van der Waals surface area contributed by atoms with Gasteiger partial charge < -0.3 is 10.1 Å². The molecule has 1 aliphatic heterocycles. The van der Waals surface area contributed by atoms with Gasteiger partial charge in [-0.25, -0.2) is 4.79 Å². The Labute approximate surface area is 149 Å². The molecule has 0 spiro atoms. The van der Waals surface area contributed by atoms with Crippen LogP contribution in [0.5, 0.6) is 0 Å². The molecule has 2 aromatic rings. The number of benzene rings is 2. The van der Waals surface area contributed by atoms with Crippen molar-refractivity contribution in [2.45, 2.75) is 25.4 Å². The van der Waals surface area contributed by atoms with Crippen LogP contribution in [-0.2, 0) is 15.1 Å². The molecule has 0 atom stereocenters. The molecule has 0 unspecified atom stereocenters. The number of nitrogens with one attached hydrogen (secondary N) is 1. The Hall–Kier alpha value is -2.39.